The molecule has 0 spiro atoms. The number of anilines is 2. The van der Waals surface area contributed by atoms with Crippen LogP contribution in [-0.4, -0.2) is 24.4 Å². The molecule has 1 aliphatic rings. The molecular weight excluding hydrogens is 251 g/mol. The molecule has 7 heteroatoms. The number of rotatable bonds is 3. The number of carbonyl (C=O) groups excluding carboxylic acids is 2. The molecule has 1 aromatic carbocycles. The lowest BCUT2D eigenvalue weighted by atomic mass is 10.1. The van der Waals surface area contributed by atoms with Crippen LogP contribution in [0.15, 0.2) is 12.1 Å². The minimum Gasteiger partial charge on any atom is -0.398 e. The van der Waals surface area contributed by atoms with Gasteiger partial charge in [-0.2, -0.15) is 0 Å². The SMILES string of the molecule is NC(=O)c1cc(N2CCCC2C(N)=O)c(F)cc1N. The lowest BCUT2D eigenvalue weighted by Gasteiger charge is -2.25. The van der Waals surface area contributed by atoms with Crippen molar-refractivity contribution < 1.29 is 14.0 Å². The Hall–Kier alpha value is -2.31. The van der Waals surface area contributed by atoms with Crippen LogP contribution in [0.25, 0.3) is 0 Å². The van der Waals surface area contributed by atoms with Gasteiger partial charge in [-0.25, -0.2) is 4.39 Å². The molecule has 0 aromatic heterocycles. The number of nitrogens with zero attached hydrogens (tertiary/aromatic N) is 1. The van der Waals surface area contributed by atoms with Crippen LogP contribution in [0.5, 0.6) is 0 Å². The first-order valence-electron chi connectivity index (χ1n) is 5.86. The number of hydrogen-bond donors (Lipinski definition) is 3. The van der Waals surface area contributed by atoms with Gasteiger partial charge in [-0.1, -0.05) is 0 Å². The van der Waals surface area contributed by atoms with Crippen LogP contribution in [0.1, 0.15) is 23.2 Å². The van der Waals surface area contributed by atoms with E-state index in [2.05, 4.69) is 0 Å². The second-order valence-corrected chi connectivity index (χ2v) is 4.51. The fraction of sp³-hybridized carbons (Fsp3) is 0.333. The summed E-state index contributed by atoms with van der Waals surface area (Å²) in [4.78, 5) is 24.1. The summed E-state index contributed by atoms with van der Waals surface area (Å²) in [6.07, 6.45) is 1.29. The maximum atomic E-state index is 14.0. The molecule has 102 valence electrons. The number of hydrogen-bond acceptors (Lipinski definition) is 4. The number of halogens is 1. The highest BCUT2D eigenvalue weighted by Crippen LogP contribution is 2.31. The highest BCUT2D eigenvalue weighted by Gasteiger charge is 2.31. The van der Waals surface area contributed by atoms with E-state index in [4.69, 9.17) is 17.2 Å². The Morgan fingerprint density at radius 3 is 2.58 bits per heavy atom. The molecule has 1 heterocycles. The first kappa shape index (κ1) is 13.1. The lowest BCUT2D eigenvalue weighted by Crippen LogP contribution is -2.40. The molecule has 6 nitrogen and oxygen atoms in total. The van der Waals surface area contributed by atoms with Crippen LogP contribution in [0.4, 0.5) is 15.8 Å². The van der Waals surface area contributed by atoms with Crippen LogP contribution in [0.3, 0.4) is 0 Å². The molecule has 1 saturated heterocycles. The standard InChI is InChI=1S/C12H15FN4O2/c13-7-5-8(14)6(11(15)18)4-10(7)17-3-1-2-9(17)12(16)19/h4-5,9H,1-3,14H2,(H2,15,18)(H2,16,19). The van der Waals surface area contributed by atoms with E-state index in [1.165, 1.54) is 6.07 Å². The van der Waals surface area contributed by atoms with Gasteiger partial charge in [0.2, 0.25) is 5.91 Å². The molecule has 1 fully saturated rings. The van der Waals surface area contributed by atoms with Gasteiger partial charge in [0, 0.05) is 12.2 Å². The van der Waals surface area contributed by atoms with Gasteiger partial charge in [0.25, 0.3) is 5.91 Å². The third kappa shape index (κ3) is 2.31. The van der Waals surface area contributed by atoms with Crippen LogP contribution in [0, 0.1) is 5.82 Å². The first-order valence-corrected chi connectivity index (χ1v) is 5.86. The average Bonchev–Trinajstić information content (AvgIpc) is 2.77. The van der Waals surface area contributed by atoms with Gasteiger partial charge in [-0.3, -0.25) is 9.59 Å². The predicted molar refractivity (Wildman–Crippen MR) is 68.9 cm³/mol. The van der Waals surface area contributed by atoms with Crippen molar-refractivity contribution in [3.63, 3.8) is 0 Å². The fourth-order valence-corrected chi connectivity index (χ4v) is 2.36. The molecule has 0 radical (unpaired) electrons. The van der Waals surface area contributed by atoms with Gasteiger partial charge in [-0.15, -0.1) is 0 Å². The summed E-state index contributed by atoms with van der Waals surface area (Å²) in [7, 11) is 0. The third-order valence-corrected chi connectivity index (χ3v) is 3.28. The zero-order chi connectivity index (χ0) is 14.2. The Morgan fingerprint density at radius 1 is 1.32 bits per heavy atom. The van der Waals surface area contributed by atoms with Crippen molar-refractivity contribution in [2.45, 2.75) is 18.9 Å². The highest BCUT2D eigenvalue weighted by molar-refractivity contribution is 5.99. The number of carbonyl (C=O) groups is 2. The van der Waals surface area contributed by atoms with E-state index in [0.29, 0.717) is 13.0 Å². The second kappa shape index (κ2) is 4.75. The summed E-state index contributed by atoms with van der Waals surface area (Å²) >= 11 is 0. The number of amides is 2. The van der Waals surface area contributed by atoms with Crippen LogP contribution in [0.2, 0.25) is 0 Å². The number of nitrogens with two attached hydrogens (primary N) is 3. The number of nitrogen functional groups attached to an aromatic ring is 1. The summed E-state index contributed by atoms with van der Waals surface area (Å²) < 4.78 is 14.0. The molecule has 2 amide bonds. The van der Waals surface area contributed by atoms with E-state index >= 15 is 0 Å². The summed E-state index contributed by atoms with van der Waals surface area (Å²) in [5.41, 5.74) is 16.1. The third-order valence-electron chi connectivity index (χ3n) is 3.28. The van der Waals surface area contributed by atoms with E-state index in [1.807, 2.05) is 0 Å². The van der Waals surface area contributed by atoms with E-state index in [0.717, 1.165) is 12.5 Å². The van der Waals surface area contributed by atoms with E-state index in [9.17, 15) is 14.0 Å². The van der Waals surface area contributed by atoms with Crippen molar-refractivity contribution >= 4 is 23.2 Å². The molecule has 1 atom stereocenters. The van der Waals surface area contributed by atoms with Crippen molar-refractivity contribution in [3.8, 4) is 0 Å². The molecule has 0 saturated carbocycles. The molecule has 19 heavy (non-hydrogen) atoms. The van der Waals surface area contributed by atoms with Crippen LogP contribution < -0.4 is 22.1 Å². The Bertz CT molecular complexity index is 547. The molecule has 1 unspecified atom stereocenters. The second-order valence-electron chi connectivity index (χ2n) is 4.51. The van der Waals surface area contributed by atoms with Crippen molar-refractivity contribution in [2.75, 3.05) is 17.2 Å². The Balaban J connectivity index is 2.47. The van der Waals surface area contributed by atoms with Crippen molar-refractivity contribution in [3.05, 3.63) is 23.5 Å². The lowest BCUT2D eigenvalue weighted by molar-refractivity contribution is -0.119. The van der Waals surface area contributed by atoms with Gasteiger partial charge < -0.3 is 22.1 Å². The summed E-state index contributed by atoms with van der Waals surface area (Å²) in [5, 5.41) is 0. The normalized spacial score (nSPS) is 18.6. The summed E-state index contributed by atoms with van der Waals surface area (Å²) in [6.45, 7) is 0.493. The molecule has 1 aliphatic heterocycles. The van der Waals surface area contributed by atoms with Gasteiger partial charge in [0.15, 0.2) is 0 Å². The van der Waals surface area contributed by atoms with Crippen molar-refractivity contribution in [1.82, 2.24) is 0 Å². The zero-order valence-corrected chi connectivity index (χ0v) is 10.2. The van der Waals surface area contributed by atoms with Gasteiger partial charge in [-0.05, 0) is 25.0 Å². The van der Waals surface area contributed by atoms with E-state index in [-0.39, 0.29) is 16.9 Å². The Labute approximate surface area is 109 Å². The van der Waals surface area contributed by atoms with Crippen LogP contribution in [-0.2, 0) is 4.79 Å². The van der Waals surface area contributed by atoms with E-state index < -0.39 is 23.7 Å². The molecule has 0 bridgehead atoms. The van der Waals surface area contributed by atoms with Gasteiger partial charge >= 0.3 is 0 Å². The minimum atomic E-state index is -0.742. The fourth-order valence-electron chi connectivity index (χ4n) is 2.36. The molecule has 1 aromatic rings. The summed E-state index contributed by atoms with van der Waals surface area (Å²) in [6, 6.07) is 1.74. The smallest absolute Gasteiger partial charge is 0.250 e. The monoisotopic (exact) mass is 266 g/mol. The van der Waals surface area contributed by atoms with Gasteiger partial charge in [0.1, 0.15) is 11.9 Å². The van der Waals surface area contributed by atoms with Crippen LogP contribution >= 0.6 is 0 Å². The quantitative estimate of drug-likeness (QED) is 0.666. The molecule has 0 aliphatic carbocycles. The summed E-state index contributed by atoms with van der Waals surface area (Å²) in [5.74, 6) is -1.86. The topological polar surface area (TPSA) is 115 Å². The number of primary amides is 2. The van der Waals surface area contributed by atoms with Crippen molar-refractivity contribution in [2.24, 2.45) is 11.5 Å². The molecule has 2 rings (SSSR count). The van der Waals surface area contributed by atoms with Gasteiger partial charge in [0.05, 0.1) is 11.3 Å². The highest BCUT2D eigenvalue weighted by atomic mass is 19.1. The average molecular weight is 266 g/mol. The number of benzene rings is 1. The molecular formula is C12H15FN4O2. The van der Waals surface area contributed by atoms with E-state index in [1.54, 1.807) is 4.90 Å². The first-order chi connectivity index (χ1) is 8.91. The maximum Gasteiger partial charge on any atom is 0.250 e. The largest absolute Gasteiger partial charge is 0.398 e. The Morgan fingerprint density at radius 2 is 2.00 bits per heavy atom. The maximum absolute atomic E-state index is 14.0. The zero-order valence-electron chi connectivity index (χ0n) is 10.2. The Kier molecular flexibility index (Phi) is 3.28. The molecule has 6 N–H and O–H groups in total. The minimum absolute atomic E-state index is 0.0245. The van der Waals surface area contributed by atoms with Crippen molar-refractivity contribution in [1.29, 1.82) is 0 Å². The predicted octanol–water partition coefficient (Wildman–Crippen LogP) is -0.0391.